The standard InChI is InChI=1S/C11H24BNO6.ClH/c1-18-12(19-2)4-3-5-13-6-8(15)11(17)10(13)9(16)7-14;/h8-11,14-17H,3-7H2,1-2H3;1H/t8-,9-,10+,11-;/m1./s1. The first-order valence-corrected chi connectivity index (χ1v) is 6.60. The van der Waals surface area contributed by atoms with E-state index in [1.54, 1.807) is 14.2 Å². The van der Waals surface area contributed by atoms with Gasteiger partial charge in [0.2, 0.25) is 0 Å². The third-order valence-corrected chi connectivity index (χ3v) is 3.77. The molecule has 20 heavy (non-hydrogen) atoms. The smallest absolute Gasteiger partial charge is 0.456 e. The molecule has 0 aliphatic carbocycles. The molecule has 5 N–H and O–H groups in total. The summed E-state index contributed by atoms with van der Waals surface area (Å²) in [4.78, 5) is 0.896. The van der Waals surface area contributed by atoms with Crippen LogP contribution in [0, 0.1) is 0 Å². The monoisotopic (exact) mass is 313 g/mol. The van der Waals surface area contributed by atoms with Crippen LogP contribution in [0.4, 0.5) is 0 Å². The zero-order chi connectivity index (χ0) is 14.4. The fourth-order valence-electron chi connectivity index (χ4n) is 2.72. The van der Waals surface area contributed by atoms with E-state index in [0.29, 0.717) is 19.4 Å². The predicted octanol–water partition coefficient (Wildman–Crippen LogP) is -6.50. The minimum atomic E-state index is -1.03. The van der Waals surface area contributed by atoms with E-state index in [0.717, 1.165) is 11.3 Å². The lowest BCUT2D eigenvalue weighted by Gasteiger charge is -2.26. The van der Waals surface area contributed by atoms with Crippen molar-refractivity contribution in [3.63, 3.8) is 0 Å². The molecule has 0 aromatic carbocycles. The summed E-state index contributed by atoms with van der Waals surface area (Å²) >= 11 is 0. The van der Waals surface area contributed by atoms with Crippen molar-refractivity contribution in [3.05, 3.63) is 0 Å². The third-order valence-electron chi connectivity index (χ3n) is 3.77. The zero-order valence-corrected chi connectivity index (χ0v) is 12.7. The lowest BCUT2D eigenvalue weighted by atomic mass is 9.83. The summed E-state index contributed by atoms with van der Waals surface area (Å²) in [6, 6.07) is -0.552. The maximum Gasteiger partial charge on any atom is 0.456 e. The van der Waals surface area contributed by atoms with Crippen molar-refractivity contribution in [2.24, 2.45) is 0 Å². The summed E-state index contributed by atoms with van der Waals surface area (Å²) < 4.78 is 10.2. The van der Waals surface area contributed by atoms with Crippen molar-refractivity contribution in [2.75, 3.05) is 33.9 Å². The summed E-state index contributed by atoms with van der Waals surface area (Å²) in [7, 11) is 2.88. The fraction of sp³-hybridized carbons (Fsp3) is 1.00. The van der Waals surface area contributed by atoms with Crippen LogP contribution in [0.1, 0.15) is 6.42 Å². The molecule has 1 fully saturated rings. The van der Waals surface area contributed by atoms with Crippen molar-refractivity contribution in [1.29, 1.82) is 0 Å². The molecule has 1 saturated heterocycles. The van der Waals surface area contributed by atoms with Crippen LogP contribution in [-0.4, -0.2) is 85.8 Å². The average Bonchev–Trinajstić information content (AvgIpc) is 2.69. The molecule has 0 aromatic rings. The number of hydrogen-bond acceptors (Lipinski definition) is 6. The van der Waals surface area contributed by atoms with Gasteiger partial charge in [-0.2, -0.15) is 0 Å². The van der Waals surface area contributed by atoms with Crippen LogP contribution in [0.3, 0.4) is 0 Å². The first kappa shape index (κ1) is 20.1. The molecule has 5 atom stereocenters. The molecule has 0 aromatic heterocycles. The number of halogens is 1. The summed E-state index contributed by atoms with van der Waals surface area (Å²) in [6.07, 6.45) is -1.41. The van der Waals surface area contributed by atoms with Crippen LogP contribution in [-0.2, 0) is 9.31 Å². The van der Waals surface area contributed by atoms with Crippen LogP contribution in [0.2, 0.25) is 6.32 Å². The Morgan fingerprint density at radius 2 is 1.90 bits per heavy atom. The molecular formula is C11H25BClNO6. The molecule has 1 rings (SSSR count). The Balaban J connectivity index is 0.00000361. The van der Waals surface area contributed by atoms with Gasteiger partial charge in [-0.1, -0.05) is 0 Å². The predicted molar refractivity (Wildman–Crippen MR) is 68.8 cm³/mol. The number of hydrogen-bond donors (Lipinski definition) is 5. The van der Waals surface area contributed by atoms with Gasteiger partial charge in [0.05, 0.1) is 13.2 Å². The van der Waals surface area contributed by atoms with Crippen LogP contribution in [0.5, 0.6) is 0 Å². The average molecular weight is 314 g/mol. The van der Waals surface area contributed by atoms with Gasteiger partial charge in [-0.05, 0) is 12.7 Å². The van der Waals surface area contributed by atoms with Gasteiger partial charge in [0, 0.05) is 14.2 Å². The largest absolute Gasteiger partial charge is 1.00 e. The normalized spacial score (nSPS) is 30.9. The highest BCUT2D eigenvalue weighted by atomic mass is 35.5. The Bertz CT molecular complexity index is 261. The lowest BCUT2D eigenvalue weighted by molar-refractivity contribution is -0.918. The van der Waals surface area contributed by atoms with E-state index in [1.165, 1.54) is 0 Å². The molecule has 1 unspecified atom stereocenters. The van der Waals surface area contributed by atoms with Gasteiger partial charge in [0.25, 0.3) is 0 Å². The second-order valence-corrected chi connectivity index (χ2v) is 4.99. The van der Waals surface area contributed by atoms with Crippen molar-refractivity contribution in [3.8, 4) is 0 Å². The molecule has 0 spiro atoms. The fourth-order valence-corrected chi connectivity index (χ4v) is 2.72. The quantitative estimate of drug-likeness (QED) is 0.286. The Morgan fingerprint density at radius 1 is 1.30 bits per heavy atom. The van der Waals surface area contributed by atoms with Gasteiger partial charge in [-0.3, -0.25) is 0 Å². The van der Waals surface area contributed by atoms with E-state index in [-0.39, 0.29) is 19.5 Å². The topological polar surface area (TPSA) is 104 Å². The molecular weight excluding hydrogens is 288 g/mol. The van der Waals surface area contributed by atoms with Gasteiger partial charge < -0.3 is 47.0 Å². The van der Waals surface area contributed by atoms with Crippen LogP contribution >= 0.6 is 0 Å². The highest BCUT2D eigenvalue weighted by Gasteiger charge is 2.47. The van der Waals surface area contributed by atoms with Crippen molar-refractivity contribution >= 4 is 7.12 Å². The highest BCUT2D eigenvalue weighted by molar-refractivity contribution is 6.44. The summed E-state index contributed by atoms with van der Waals surface area (Å²) in [5.41, 5.74) is 0. The molecule has 1 heterocycles. The van der Waals surface area contributed by atoms with Crippen molar-refractivity contribution in [1.82, 2.24) is 0 Å². The van der Waals surface area contributed by atoms with Gasteiger partial charge >= 0.3 is 7.12 Å². The zero-order valence-electron chi connectivity index (χ0n) is 11.9. The van der Waals surface area contributed by atoms with Crippen LogP contribution in [0.15, 0.2) is 0 Å². The summed E-state index contributed by atoms with van der Waals surface area (Å²) in [5, 5.41) is 38.2. The van der Waals surface area contributed by atoms with Crippen molar-refractivity contribution < 1.29 is 47.0 Å². The van der Waals surface area contributed by atoms with Gasteiger partial charge in [-0.25, -0.2) is 0 Å². The number of aliphatic hydroxyl groups is 4. The highest BCUT2D eigenvalue weighted by Crippen LogP contribution is 2.08. The van der Waals surface area contributed by atoms with E-state index < -0.39 is 31.0 Å². The SMILES string of the molecule is COB(CCC[NH+]1C[C@@H](O)[C@@H](O)[C@@H]1[C@H](O)CO)OC.[Cl-]. The maximum atomic E-state index is 9.84. The molecule has 0 amide bonds. The number of nitrogens with one attached hydrogen (secondary N) is 1. The molecule has 1 aliphatic heterocycles. The second-order valence-electron chi connectivity index (χ2n) is 4.99. The number of likely N-dealkylation sites (tertiary alicyclic amines) is 1. The van der Waals surface area contributed by atoms with E-state index in [2.05, 4.69) is 0 Å². The third kappa shape index (κ3) is 5.12. The Morgan fingerprint density at radius 3 is 2.40 bits per heavy atom. The molecule has 7 nitrogen and oxygen atoms in total. The minimum absolute atomic E-state index is 0. The molecule has 0 saturated carbocycles. The molecule has 0 bridgehead atoms. The van der Waals surface area contributed by atoms with E-state index >= 15 is 0 Å². The Hall–Kier alpha value is 0.0749. The van der Waals surface area contributed by atoms with Crippen LogP contribution in [0.25, 0.3) is 0 Å². The number of quaternary nitrogens is 1. The first-order chi connectivity index (χ1) is 9.04. The van der Waals surface area contributed by atoms with Gasteiger partial charge in [0.1, 0.15) is 30.9 Å². The molecule has 120 valence electrons. The number of rotatable bonds is 8. The molecule has 9 heteroatoms. The first-order valence-electron chi connectivity index (χ1n) is 6.60. The van der Waals surface area contributed by atoms with Crippen molar-refractivity contribution in [2.45, 2.75) is 37.1 Å². The van der Waals surface area contributed by atoms with Gasteiger partial charge in [-0.15, -0.1) is 0 Å². The Kier molecular flexibility index (Phi) is 9.95. The maximum absolute atomic E-state index is 9.84. The van der Waals surface area contributed by atoms with Crippen LogP contribution < -0.4 is 17.3 Å². The molecule has 1 aliphatic rings. The Labute approximate surface area is 126 Å². The molecule has 0 radical (unpaired) electrons. The minimum Gasteiger partial charge on any atom is -1.00 e. The number of aliphatic hydroxyl groups excluding tert-OH is 4. The van der Waals surface area contributed by atoms with Gasteiger partial charge in [0.15, 0.2) is 0 Å². The van der Waals surface area contributed by atoms with E-state index in [4.69, 9.17) is 14.4 Å². The lowest BCUT2D eigenvalue weighted by Crippen LogP contribution is -3.16. The second kappa shape index (κ2) is 9.91. The summed E-state index contributed by atoms with van der Waals surface area (Å²) in [5.74, 6) is 0. The van der Waals surface area contributed by atoms with E-state index in [1.807, 2.05) is 0 Å². The summed E-state index contributed by atoms with van der Waals surface area (Å²) in [6.45, 7) is 0.614. The van der Waals surface area contributed by atoms with E-state index in [9.17, 15) is 15.3 Å².